The van der Waals surface area contributed by atoms with Gasteiger partial charge in [0.05, 0.1) is 5.60 Å². The van der Waals surface area contributed by atoms with Crippen molar-refractivity contribution in [1.29, 1.82) is 0 Å². The number of aromatic hydroxyl groups is 2. The van der Waals surface area contributed by atoms with Crippen molar-refractivity contribution >= 4 is 0 Å². The summed E-state index contributed by atoms with van der Waals surface area (Å²) < 4.78 is 0. The summed E-state index contributed by atoms with van der Waals surface area (Å²) >= 11 is 0. The van der Waals surface area contributed by atoms with Crippen molar-refractivity contribution < 1.29 is 15.3 Å². The first-order valence-corrected chi connectivity index (χ1v) is 4.62. The number of phenols is 2. The van der Waals surface area contributed by atoms with Gasteiger partial charge in [-0.15, -0.1) is 0 Å². The maximum atomic E-state index is 9.50. The van der Waals surface area contributed by atoms with Crippen LogP contribution in [0.25, 0.3) is 0 Å². The molecule has 0 fully saturated rings. The molecule has 0 aliphatic carbocycles. The van der Waals surface area contributed by atoms with E-state index in [0.717, 1.165) is 0 Å². The molecule has 1 aromatic rings. The van der Waals surface area contributed by atoms with Crippen molar-refractivity contribution in [2.24, 2.45) is 0 Å². The minimum atomic E-state index is -0.752. The third kappa shape index (κ3) is 3.26. The molecule has 78 valence electrons. The summed E-state index contributed by atoms with van der Waals surface area (Å²) in [5.74, 6) is 0.292. The number of aliphatic hydroxyl groups is 1. The molecule has 0 bridgehead atoms. The van der Waals surface area contributed by atoms with Crippen LogP contribution in [0.1, 0.15) is 25.8 Å². The largest absolute Gasteiger partial charge is 0.508 e. The van der Waals surface area contributed by atoms with Crippen molar-refractivity contribution in [2.75, 3.05) is 0 Å². The predicted octanol–water partition coefficient (Wildman–Crippen LogP) is 1.80. The van der Waals surface area contributed by atoms with Gasteiger partial charge >= 0.3 is 0 Å². The van der Waals surface area contributed by atoms with Gasteiger partial charge in [0.1, 0.15) is 11.5 Å². The number of hydrogen-bond donors (Lipinski definition) is 3. The summed E-state index contributed by atoms with van der Waals surface area (Å²) in [6.07, 6.45) is 1.09. The molecule has 14 heavy (non-hydrogen) atoms. The van der Waals surface area contributed by atoms with Gasteiger partial charge in [-0.1, -0.05) is 0 Å². The Balaban J connectivity index is 2.72. The van der Waals surface area contributed by atoms with E-state index in [1.807, 2.05) is 0 Å². The monoisotopic (exact) mass is 196 g/mol. The number of rotatable bonds is 3. The molecule has 0 radical (unpaired) electrons. The van der Waals surface area contributed by atoms with Crippen LogP contribution in [0.2, 0.25) is 0 Å². The van der Waals surface area contributed by atoms with E-state index in [1.54, 1.807) is 13.8 Å². The van der Waals surface area contributed by atoms with Crippen LogP contribution in [-0.4, -0.2) is 20.9 Å². The average molecular weight is 196 g/mol. The molecule has 0 aliphatic heterocycles. The standard InChI is InChI=1S/C11H16O3/c1-11(2,14)6-5-8-7-9(12)3-4-10(8)13/h3-4,7,12-14H,5-6H2,1-2H3. The lowest BCUT2D eigenvalue weighted by atomic mass is 9.98. The Morgan fingerprint density at radius 1 is 1.21 bits per heavy atom. The highest BCUT2D eigenvalue weighted by atomic mass is 16.3. The fourth-order valence-electron chi connectivity index (χ4n) is 1.21. The predicted molar refractivity (Wildman–Crippen MR) is 54.4 cm³/mol. The van der Waals surface area contributed by atoms with Crippen LogP contribution in [0.15, 0.2) is 18.2 Å². The normalized spacial score (nSPS) is 11.6. The van der Waals surface area contributed by atoms with E-state index in [2.05, 4.69) is 0 Å². The van der Waals surface area contributed by atoms with Gasteiger partial charge in [0.2, 0.25) is 0 Å². The van der Waals surface area contributed by atoms with Gasteiger partial charge in [-0.2, -0.15) is 0 Å². The van der Waals surface area contributed by atoms with Crippen LogP contribution >= 0.6 is 0 Å². The van der Waals surface area contributed by atoms with E-state index in [4.69, 9.17) is 0 Å². The lowest BCUT2D eigenvalue weighted by molar-refractivity contribution is 0.0712. The van der Waals surface area contributed by atoms with Crippen molar-refractivity contribution in [3.05, 3.63) is 23.8 Å². The van der Waals surface area contributed by atoms with Crippen LogP contribution < -0.4 is 0 Å². The highest BCUT2D eigenvalue weighted by Crippen LogP contribution is 2.25. The van der Waals surface area contributed by atoms with Gasteiger partial charge in [0, 0.05) is 0 Å². The Bertz CT molecular complexity index is 313. The topological polar surface area (TPSA) is 60.7 Å². The second-order valence-corrected chi connectivity index (χ2v) is 4.13. The summed E-state index contributed by atoms with van der Waals surface area (Å²) in [7, 11) is 0. The third-order valence-corrected chi connectivity index (χ3v) is 2.07. The molecule has 0 saturated heterocycles. The van der Waals surface area contributed by atoms with Crippen LogP contribution in [0, 0.1) is 0 Å². The fourth-order valence-corrected chi connectivity index (χ4v) is 1.21. The lowest BCUT2D eigenvalue weighted by Crippen LogP contribution is -2.19. The number of aryl methyl sites for hydroxylation is 1. The average Bonchev–Trinajstić information content (AvgIpc) is 2.05. The second kappa shape index (κ2) is 3.88. The molecule has 1 rings (SSSR count). The minimum Gasteiger partial charge on any atom is -0.508 e. The molecule has 0 atom stereocenters. The zero-order valence-electron chi connectivity index (χ0n) is 8.49. The second-order valence-electron chi connectivity index (χ2n) is 4.13. The Morgan fingerprint density at radius 2 is 1.86 bits per heavy atom. The highest BCUT2D eigenvalue weighted by molar-refractivity contribution is 5.38. The van der Waals surface area contributed by atoms with Crippen LogP contribution in [0.5, 0.6) is 11.5 Å². The van der Waals surface area contributed by atoms with Crippen molar-refractivity contribution in [1.82, 2.24) is 0 Å². The van der Waals surface area contributed by atoms with Gasteiger partial charge in [0.25, 0.3) is 0 Å². The SMILES string of the molecule is CC(C)(O)CCc1cc(O)ccc1O. The summed E-state index contributed by atoms with van der Waals surface area (Å²) in [6, 6.07) is 4.40. The molecule has 0 aliphatic rings. The molecule has 0 aromatic heterocycles. The molecule has 0 saturated carbocycles. The number of hydrogen-bond acceptors (Lipinski definition) is 3. The molecule has 0 spiro atoms. The smallest absolute Gasteiger partial charge is 0.119 e. The van der Waals surface area contributed by atoms with Gasteiger partial charge in [-0.05, 0) is 50.5 Å². The summed E-state index contributed by atoms with van der Waals surface area (Å²) in [5.41, 5.74) is -0.0927. The fraction of sp³-hybridized carbons (Fsp3) is 0.455. The Labute approximate surface area is 83.6 Å². The van der Waals surface area contributed by atoms with Crippen molar-refractivity contribution in [2.45, 2.75) is 32.3 Å². The molecular formula is C11H16O3. The molecule has 3 heteroatoms. The van der Waals surface area contributed by atoms with Gasteiger partial charge in [-0.3, -0.25) is 0 Å². The molecule has 0 unspecified atom stereocenters. The van der Waals surface area contributed by atoms with Gasteiger partial charge in [0.15, 0.2) is 0 Å². The van der Waals surface area contributed by atoms with Gasteiger partial charge in [-0.25, -0.2) is 0 Å². The van der Waals surface area contributed by atoms with Crippen molar-refractivity contribution in [3.8, 4) is 11.5 Å². The zero-order valence-corrected chi connectivity index (χ0v) is 8.49. The maximum absolute atomic E-state index is 9.50. The van der Waals surface area contributed by atoms with E-state index in [-0.39, 0.29) is 11.5 Å². The zero-order chi connectivity index (χ0) is 10.8. The Kier molecular flexibility index (Phi) is 3.01. The molecule has 1 aromatic carbocycles. The Hall–Kier alpha value is -1.22. The quantitative estimate of drug-likeness (QED) is 0.646. The van der Waals surface area contributed by atoms with E-state index in [1.165, 1.54) is 18.2 Å². The molecule has 0 amide bonds. The van der Waals surface area contributed by atoms with E-state index >= 15 is 0 Å². The summed E-state index contributed by atoms with van der Waals surface area (Å²) in [5, 5.41) is 28.1. The van der Waals surface area contributed by atoms with E-state index < -0.39 is 5.60 Å². The first kappa shape index (κ1) is 10.9. The molecule has 3 nitrogen and oxygen atoms in total. The Morgan fingerprint density at radius 3 is 2.43 bits per heavy atom. The highest BCUT2D eigenvalue weighted by Gasteiger charge is 2.13. The molecule has 0 heterocycles. The van der Waals surface area contributed by atoms with Crippen molar-refractivity contribution in [3.63, 3.8) is 0 Å². The molecule has 3 N–H and O–H groups in total. The first-order valence-electron chi connectivity index (χ1n) is 4.62. The number of phenolic OH excluding ortho intramolecular Hbond substituents is 2. The van der Waals surface area contributed by atoms with Crippen LogP contribution in [-0.2, 0) is 6.42 Å². The lowest BCUT2D eigenvalue weighted by Gasteiger charge is -2.17. The van der Waals surface area contributed by atoms with E-state index in [0.29, 0.717) is 18.4 Å². The van der Waals surface area contributed by atoms with Crippen LogP contribution in [0.4, 0.5) is 0 Å². The van der Waals surface area contributed by atoms with E-state index in [9.17, 15) is 15.3 Å². The summed E-state index contributed by atoms with van der Waals surface area (Å²) in [4.78, 5) is 0. The maximum Gasteiger partial charge on any atom is 0.119 e. The summed E-state index contributed by atoms with van der Waals surface area (Å²) in [6.45, 7) is 3.43. The molecular weight excluding hydrogens is 180 g/mol. The van der Waals surface area contributed by atoms with Gasteiger partial charge < -0.3 is 15.3 Å². The number of benzene rings is 1. The third-order valence-electron chi connectivity index (χ3n) is 2.07. The first-order chi connectivity index (χ1) is 6.38. The van der Waals surface area contributed by atoms with Crippen LogP contribution in [0.3, 0.4) is 0 Å². The minimum absolute atomic E-state index is 0.133.